The number of nitrogens with zero attached hydrogens (tertiary/aromatic N) is 4. The maximum Gasteiger partial charge on any atom is 0.277 e. The molecule has 0 saturated heterocycles. The van der Waals surface area contributed by atoms with Gasteiger partial charge in [-0.25, -0.2) is 4.98 Å². The Morgan fingerprint density at radius 2 is 2.32 bits per heavy atom. The summed E-state index contributed by atoms with van der Waals surface area (Å²) >= 11 is 1.38. The minimum absolute atomic E-state index is 0.248. The van der Waals surface area contributed by atoms with E-state index in [1.807, 2.05) is 31.4 Å². The van der Waals surface area contributed by atoms with Crippen molar-refractivity contribution >= 4 is 22.4 Å². The molecule has 3 rings (SSSR count). The van der Waals surface area contributed by atoms with Crippen molar-refractivity contribution < 1.29 is 4.79 Å². The fraction of sp³-hybridized carbons (Fsp3) is 0.200. The Kier molecular flexibility index (Phi) is 3.97. The van der Waals surface area contributed by atoms with Gasteiger partial charge in [0.15, 0.2) is 10.8 Å². The lowest BCUT2D eigenvalue weighted by atomic mass is 10.2. The van der Waals surface area contributed by atoms with Crippen LogP contribution in [-0.4, -0.2) is 25.7 Å². The SMILES string of the molecule is CCn1nc(C(=O)Nc2nc(-c3cccnc3)cs2)cc1C. The van der Waals surface area contributed by atoms with Crippen LogP contribution in [-0.2, 0) is 6.54 Å². The first-order valence-corrected chi connectivity index (χ1v) is 7.77. The van der Waals surface area contributed by atoms with E-state index < -0.39 is 0 Å². The highest BCUT2D eigenvalue weighted by atomic mass is 32.1. The number of carbonyl (C=O) groups is 1. The van der Waals surface area contributed by atoms with Crippen LogP contribution in [0.1, 0.15) is 23.1 Å². The molecule has 0 aliphatic heterocycles. The van der Waals surface area contributed by atoms with Crippen LogP contribution in [0.5, 0.6) is 0 Å². The molecular formula is C15H15N5OS. The van der Waals surface area contributed by atoms with Gasteiger partial charge in [0.25, 0.3) is 5.91 Å². The highest BCUT2D eigenvalue weighted by molar-refractivity contribution is 7.14. The molecule has 6 nitrogen and oxygen atoms in total. The van der Waals surface area contributed by atoms with Crippen molar-refractivity contribution in [3.63, 3.8) is 0 Å². The van der Waals surface area contributed by atoms with E-state index in [9.17, 15) is 4.79 Å². The Labute approximate surface area is 131 Å². The third-order valence-corrected chi connectivity index (χ3v) is 3.95. The molecule has 3 aromatic heterocycles. The fourth-order valence-corrected chi connectivity index (χ4v) is 2.80. The first-order valence-electron chi connectivity index (χ1n) is 6.89. The van der Waals surface area contributed by atoms with E-state index in [1.165, 1.54) is 11.3 Å². The summed E-state index contributed by atoms with van der Waals surface area (Å²) in [5, 5.41) is 9.49. The highest BCUT2D eigenvalue weighted by Crippen LogP contribution is 2.24. The Hall–Kier alpha value is -2.54. The zero-order chi connectivity index (χ0) is 15.5. The Morgan fingerprint density at radius 1 is 1.45 bits per heavy atom. The van der Waals surface area contributed by atoms with Gasteiger partial charge in [-0.1, -0.05) is 0 Å². The third kappa shape index (κ3) is 2.89. The molecular weight excluding hydrogens is 298 g/mol. The van der Waals surface area contributed by atoms with E-state index in [0.29, 0.717) is 10.8 Å². The second-order valence-electron chi connectivity index (χ2n) is 4.72. The predicted octanol–water partition coefficient (Wildman–Crippen LogP) is 2.98. The summed E-state index contributed by atoms with van der Waals surface area (Å²) in [6.45, 7) is 4.65. The number of hydrogen-bond acceptors (Lipinski definition) is 5. The molecule has 0 atom stereocenters. The summed E-state index contributed by atoms with van der Waals surface area (Å²) in [6.07, 6.45) is 3.46. The highest BCUT2D eigenvalue weighted by Gasteiger charge is 2.14. The molecule has 0 fully saturated rings. The van der Waals surface area contributed by atoms with Crippen LogP contribution >= 0.6 is 11.3 Å². The van der Waals surface area contributed by atoms with Gasteiger partial charge in [-0.15, -0.1) is 11.3 Å². The Bertz CT molecular complexity index is 793. The maximum atomic E-state index is 12.2. The molecule has 0 aliphatic carbocycles. The molecule has 0 radical (unpaired) electrons. The van der Waals surface area contributed by atoms with Crippen molar-refractivity contribution in [1.82, 2.24) is 19.7 Å². The number of hydrogen-bond donors (Lipinski definition) is 1. The normalized spacial score (nSPS) is 10.6. The molecule has 0 unspecified atom stereocenters. The van der Waals surface area contributed by atoms with Crippen molar-refractivity contribution in [2.24, 2.45) is 0 Å². The van der Waals surface area contributed by atoms with Gasteiger partial charge < -0.3 is 0 Å². The minimum atomic E-state index is -0.248. The van der Waals surface area contributed by atoms with E-state index in [-0.39, 0.29) is 5.91 Å². The van der Waals surface area contributed by atoms with Crippen LogP contribution < -0.4 is 5.32 Å². The topological polar surface area (TPSA) is 72.7 Å². The van der Waals surface area contributed by atoms with Crippen LogP contribution in [0.15, 0.2) is 36.0 Å². The number of amides is 1. The van der Waals surface area contributed by atoms with Gasteiger partial charge in [-0.3, -0.25) is 19.8 Å². The molecule has 7 heteroatoms. The van der Waals surface area contributed by atoms with Crippen molar-refractivity contribution in [2.45, 2.75) is 20.4 Å². The van der Waals surface area contributed by atoms with Crippen LogP contribution in [0.4, 0.5) is 5.13 Å². The van der Waals surface area contributed by atoms with E-state index in [0.717, 1.165) is 23.5 Å². The van der Waals surface area contributed by atoms with Crippen molar-refractivity contribution in [3.8, 4) is 11.3 Å². The number of thiazole rings is 1. The number of carbonyl (C=O) groups excluding carboxylic acids is 1. The summed E-state index contributed by atoms with van der Waals surface area (Å²) in [6, 6.07) is 5.56. The standard InChI is InChI=1S/C15H15N5OS/c1-3-20-10(2)7-12(19-20)14(21)18-15-17-13(9-22-15)11-5-4-6-16-8-11/h4-9H,3H2,1-2H3,(H,17,18,21). The molecule has 1 amide bonds. The first-order chi connectivity index (χ1) is 10.7. The molecule has 0 saturated carbocycles. The van der Waals surface area contributed by atoms with E-state index in [2.05, 4.69) is 20.4 Å². The first kappa shape index (κ1) is 14.4. The molecule has 3 aromatic rings. The number of anilines is 1. The van der Waals surface area contributed by atoms with Crippen molar-refractivity contribution in [3.05, 3.63) is 47.4 Å². The molecule has 112 valence electrons. The lowest BCUT2D eigenvalue weighted by Gasteiger charge is -1.98. The quantitative estimate of drug-likeness (QED) is 0.803. The zero-order valence-corrected chi connectivity index (χ0v) is 13.1. The lowest BCUT2D eigenvalue weighted by Crippen LogP contribution is -2.13. The second-order valence-corrected chi connectivity index (χ2v) is 5.58. The summed E-state index contributed by atoms with van der Waals surface area (Å²) in [5.74, 6) is -0.248. The van der Waals surface area contributed by atoms with Crippen LogP contribution in [0, 0.1) is 6.92 Å². The number of aryl methyl sites for hydroxylation is 2. The third-order valence-electron chi connectivity index (χ3n) is 3.20. The van der Waals surface area contributed by atoms with E-state index >= 15 is 0 Å². The lowest BCUT2D eigenvalue weighted by molar-refractivity contribution is 0.102. The predicted molar refractivity (Wildman–Crippen MR) is 85.9 cm³/mol. The minimum Gasteiger partial charge on any atom is -0.296 e. The van der Waals surface area contributed by atoms with Gasteiger partial charge in [-0.2, -0.15) is 5.10 Å². The van der Waals surface area contributed by atoms with Gasteiger partial charge in [-0.05, 0) is 32.0 Å². The molecule has 0 bridgehead atoms. The molecule has 0 aliphatic rings. The summed E-state index contributed by atoms with van der Waals surface area (Å²) in [5.41, 5.74) is 3.08. The van der Waals surface area contributed by atoms with Gasteiger partial charge in [0.05, 0.1) is 5.69 Å². The van der Waals surface area contributed by atoms with Gasteiger partial charge in [0.2, 0.25) is 0 Å². The molecule has 22 heavy (non-hydrogen) atoms. The largest absolute Gasteiger partial charge is 0.296 e. The fourth-order valence-electron chi connectivity index (χ4n) is 2.08. The van der Waals surface area contributed by atoms with Gasteiger partial charge in [0.1, 0.15) is 0 Å². The molecule has 1 N–H and O–H groups in total. The van der Waals surface area contributed by atoms with Crippen LogP contribution in [0.2, 0.25) is 0 Å². The molecule has 3 heterocycles. The summed E-state index contributed by atoms with van der Waals surface area (Å²) in [7, 11) is 0. The molecule has 0 spiro atoms. The van der Waals surface area contributed by atoms with E-state index in [4.69, 9.17) is 0 Å². The van der Waals surface area contributed by atoms with Crippen LogP contribution in [0.25, 0.3) is 11.3 Å². The summed E-state index contributed by atoms with van der Waals surface area (Å²) in [4.78, 5) is 20.7. The number of rotatable bonds is 4. The van der Waals surface area contributed by atoms with Crippen molar-refractivity contribution in [2.75, 3.05) is 5.32 Å². The number of aromatic nitrogens is 4. The van der Waals surface area contributed by atoms with Crippen LogP contribution in [0.3, 0.4) is 0 Å². The Balaban J connectivity index is 1.76. The smallest absolute Gasteiger partial charge is 0.277 e. The van der Waals surface area contributed by atoms with Gasteiger partial charge in [0, 0.05) is 35.6 Å². The van der Waals surface area contributed by atoms with Crippen molar-refractivity contribution in [1.29, 1.82) is 0 Å². The molecule has 0 aromatic carbocycles. The van der Waals surface area contributed by atoms with Gasteiger partial charge >= 0.3 is 0 Å². The Morgan fingerprint density at radius 3 is 3.00 bits per heavy atom. The number of pyridine rings is 1. The zero-order valence-electron chi connectivity index (χ0n) is 12.3. The number of nitrogens with one attached hydrogen (secondary N) is 1. The maximum absolute atomic E-state index is 12.2. The summed E-state index contributed by atoms with van der Waals surface area (Å²) < 4.78 is 1.79. The monoisotopic (exact) mass is 313 g/mol. The average Bonchev–Trinajstić information content (AvgIpc) is 3.14. The van der Waals surface area contributed by atoms with E-state index in [1.54, 1.807) is 23.1 Å². The second kappa shape index (κ2) is 6.07. The average molecular weight is 313 g/mol.